The van der Waals surface area contributed by atoms with Crippen molar-refractivity contribution in [3.05, 3.63) is 59.9 Å². The summed E-state index contributed by atoms with van der Waals surface area (Å²) in [6.45, 7) is 6.99. The van der Waals surface area contributed by atoms with Gasteiger partial charge in [0.2, 0.25) is 5.91 Å². The molecule has 3 fully saturated rings. The summed E-state index contributed by atoms with van der Waals surface area (Å²) in [6, 6.07) is 10.2. The number of amides is 1. The largest absolute Gasteiger partial charge is 0.461 e. The lowest BCUT2D eigenvalue weighted by atomic mass is 9.93. The van der Waals surface area contributed by atoms with Crippen LogP contribution in [-0.2, 0) is 11.2 Å². The molecule has 2 aromatic carbocycles. The Bertz CT molecular complexity index is 1460. The zero-order valence-electron chi connectivity index (χ0n) is 22.1. The molecule has 0 spiro atoms. The van der Waals surface area contributed by atoms with E-state index in [2.05, 4.69) is 38.1 Å². The third-order valence-corrected chi connectivity index (χ3v) is 9.23. The summed E-state index contributed by atoms with van der Waals surface area (Å²) in [5.74, 6) is 1.19. The minimum Gasteiger partial charge on any atom is -0.461 e. The molecular weight excluding hydrogens is 493 g/mol. The van der Waals surface area contributed by atoms with Gasteiger partial charge in [0.05, 0.1) is 5.54 Å². The van der Waals surface area contributed by atoms with Crippen LogP contribution in [0.2, 0.25) is 0 Å². The summed E-state index contributed by atoms with van der Waals surface area (Å²) in [7, 11) is 0. The predicted octanol–water partition coefficient (Wildman–Crippen LogP) is 4.82. The third-order valence-electron chi connectivity index (χ3n) is 9.23. The van der Waals surface area contributed by atoms with E-state index in [-0.39, 0.29) is 28.8 Å². The second kappa shape index (κ2) is 9.59. The standard InChI is InChI=1S/C31H34FN5O2/c1-2-25(38)33-12-13-34-29-23-9-8-22(21-7-3-6-19-16-20-17-24(20)26(19)21)27(32)28(23)35-30(36-29)39-18-31-10-4-14-37(31)15-5-11-31/h2-3,6-9,20,24H,1,4-5,10-18H2,(H,33,38)(H,34,35,36)/t20-,24+/m0/s1. The highest BCUT2D eigenvalue weighted by atomic mass is 19.1. The van der Waals surface area contributed by atoms with Gasteiger partial charge in [0, 0.05) is 24.0 Å². The molecule has 7 rings (SSSR count). The van der Waals surface area contributed by atoms with Crippen LogP contribution in [0.15, 0.2) is 43.0 Å². The first-order valence-corrected chi connectivity index (χ1v) is 14.2. The number of ether oxygens (including phenoxy) is 1. The number of carbonyl (C=O) groups is 1. The van der Waals surface area contributed by atoms with E-state index in [0.717, 1.165) is 43.8 Å². The molecule has 39 heavy (non-hydrogen) atoms. The monoisotopic (exact) mass is 527 g/mol. The number of benzene rings is 2. The van der Waals surface area contributed by atoms with Crippen molar-refractivity contribution in [2.45, 2.75) is 50.0 Å². The normalized spacial score (nSPS) is 22.3. The van der Waals surface area contributed by atoms with Gasteiger partial charge in [-0.1, -0.05) is 30.8 Å². The number of carbonyl (C=O) groups excluding carboxylic acids is 1. The number of fused-ring (bicyclic) bond motifs is 5. The smallest absolute Gasteiger partial charge is 0.319 e. The maximum absolute atomic E-state index is 16.4. The number of anilines is 1. The number of rotatable bonds is 9. The maximum atomic E-state index is 16.4. The van der Waals surface area contributed by atoms with Crippen molar-refractivity contribution in [1.29, 1.82) is 0 Å². The van der Waals surface area contributed by atoms with Crippen molar-refractivity contribution < 1.29 is 13.9 Å². The molecule has 4 aliphatic rings. The van der Waals surface area contributed by atoms with E-state index in [1.807, 2.05) is 24.3 Å². The minimum absolute atomic E-state index is 0.0344. The van der Waals surface area contributed by atoms with Crippen LogP contribution >= 0.6 is 0 Å². The second-order valence-electron chi connectivity index (χ2n) is 11.5. The summed E-state index contributed by atoms with van der Waals surface area (Å²) in [4.78, 5) is 23.4. The van der Waals surface area contributed by atoms with Gasteiger partial charge in [-0.2, -0.15) is 9.97 Å². The number of nitrogens with one attached hydrogen (secondary N) is 2. The van der Waals surface area contributed by atoms with Crippen LogP contribution in [0.4, 0.5) is 10.2 Å². The predicted molar refractivity (Wildman–Crippen MR) is 149 cm³/mol. The third kappa shape index (κ3) is 4.25. The topological polar surface area (TPSA) is 79.4 Å². The Kier molecular flexibility index (Phi) is 6.03. The van der Waals surface area contributed by atoms with Gasteiger partial charge >= 0.3 is 6.01 Å². The average molecular weight is 528 g/mol. The summed E-state index contributed by atoms with van der Waals surface area (Å²) in [6.07, 6.45) is 8.09. The molecule has 202 valence electrons. The molecule has 1 aromatic heterocycles. The van der Waals surface area contributed by atoms with Crippen LogP contribution in [0.1, 0.15) is 49.1 Å². The molecule has 0 bridgehead atoms. The molecule has 2 atom stereocenters. The van der Waals surface area contributed by atoms with Gasteiger partial charge in [0.1, 0.15) is 17.9 Å². The Morgan fingerprint density at radius 3 is 2.82 bits per heavy atom. The molecule has 1 saturated carbocycles. The van der Waals surface area contributed by atoms with Crippen molar-refractivity contribution in [2.75, 3.05) is 38.1 Å². The molecule has 0 radical (unpaired) electrons. The van der Waals surface area contributed by atoms with E-state index in [9.17, 15) is 4.79 Å². The molecule has 8 heteroatoms. The molecule has 0 unspecified atom stereocenters. The summed E-state index contributed by atoms with van der Waals surface area (Å²) < 4.78 is 22.6. The van der Waals surface area contributed by atoms with Gasteiger partial charge in [0.15, 0.2) is 5.82 Å². The molecule has 2 aliphatic carbocycles. The molecule has 2 N–H and O–H groups in total. The fourth-order valence-corrected chi connectivity index (χ4v) is 7.22. The highest BCUT2D eigenvalue weighted by Crippen LogP contribution is 2.58. The molecule has 3 heterocycles. The number of nitrogens with zero attached hydrogens (tertiary/aromatic N) is 3. The average Bonchev–Trinajstić information content (AvgIpc) is 3.24. The molecular formula is C31H34FN5O2. The fraction of sp³-hybridized carbons (Fsp3) is 0.452. The molecule has 2 saturated heterocycles. The molecule has 1 amide bonds. The van der Waals surface area contributed by atoms with E-state index < -0.39 is 0 Å². The molecule has 2 aliphatic heterocycles. The van der Waals surface area contributed by atoms with Crippen molar-refractivity contribution in [2.24, 2.45) is 5.92 Å². The quantitative estimate of drug-likeness (QED) is 0.307. The highest BCUT2D eigenvalue weighted by Gasteiger charge is 2.47. The van der Waals surface area contributed by atoms with E-state index in [1.165, 1.54) is 36.5 Å². The first-order valence-electron chi connectivity index (χ1n) is 14.2. The Balaban J connectivity index is 1.24. The number of aromatic nitrogens is 2. The summed E-state index contributed by atoms with van der Waals surface area (Å²) >= 11 is 0. The van der Waals surface area contributed by atoms with Crippen molar-refractivity contribution in [3.8, 4) is 17.1 Å². The first kappa shape index (κ1) is 24.5. The Morgan fingerprint density at radius 2 is 2.00 bits per heavy atom. The van der Waals surface area contributed by atoms with Gasteiger partial charge in [-0.3, -0.25) is 9.69 Å². The van der Waals surface area contributed by atoms with Crippen LogP contribution < -0.4 is 15.4 Å². The lowest BCUT2D eigenvalue weighted by Gasteiger charge is -2.31. The van der Waals surface area contributed by atoms with E-state index in [0.29, 0.717) is 42.4 Å². The summed E-state index contributed by atoms with van der Waals surface area (Å²) in [5.41, 5.74) is 4.51. The van der Waals surface area contributed by atoms with Crippen molar-refractivity contribution >= 4 is 22.6 Å². The van der Waals surface area contributed by atoms with Gasteiger partial charge in [-0.05, 0) is 92.3 Å². The first-order chi connectivity index (χ1) is 19.1. The number of hydrogen-bond donors (Lipinski definition) is 2. The van der Waals surface area contributed by atoms with Crippen LogP contribution in [0, 0.1) is 11.7 Å². The van der Waals surface area contributed by atoms with Crippen molar-refractivity contribution in [1.82, 2.24) is 20.2 Å². The summed E-state index contributed by atoms with van der Waals surface area (Å²) in [5, 5.41) is 6.61. The molecule has 3 aromatic rings. The second-order valence-corrected chi connectivity index (χ2v) is 11.5. The van der Waals surface area contributed by atoms with Crippen LogP contribution in [0.3, 0.4) is 0 Å². The Hall–Kier alpha value is -3.52. The van der Waals surface area contributed by atoms with E-state index in [1.54, 1.807) is 0 Å². The highest BCUT2D eigenvalue weighted by molar-refractivity contribution is 5.94. The maximum Gasteiger partial charge on any atom is 0.319 e. The number of halogens is 1. The van der Waals surface area contributed by atoms with Crippen LogP contribution in [0.5, 0.6) is 6.01 Å². The van der Waals surface area contributed by atoms with Gasteiger partial charge in [0.25, 0.3) is 0 Å². The SMILES string of the molecule is C=CC(=O)NCCNc1nc(OCC23CCCN2CCC3)nc2c(F)c(-c3cccc4c3[C@@H]3C[C@@H]3C4)ccc12. The number of hydrogen-bond acceptors (Lipinski definition) is 6. The van der Waals surface area contributed by atoms with Crippen LogP contribution in [0.25, 0.3) is 22.0 Å². The fourth-order valence-electron chi connectivity index (χ4n) is 7.22. The Morgan fingerprint density at radius 1 is 1.15 bits per heavy atom. The molecule has 7 nitrogen and oxygen atoms in total. The van der Waals surface area contributed by atoms with Gasteiger partial charge in [-0.25, -0.2) is 4.39 Å². The minimum atomic E-state index is -0.346. The Labute approximate surface area is 227 Å². The zero-order valence-corrected chi connectivity index (χ0v) is 22.1. The van der Waals surface area contributed by atoms with Gasteiger partial charge < -0.3 is 15.4 Å². The lowest BCUT2D eigenvalue weighted by Crippen LogP contribution is -2.43. The zero-order chi connectivity index (χ0) is 26.6. The van der Waals surface area contributed by atoms with E-state index >= 15 is 4.39 Å². The lowest BCUT2D eigenvalue weighted by molar-refractivity contribution is -0.116. The van der Waals surface area contributed by atoms with Gasteiger partial charge in [-0.15, -0.1) is 0 Å². The van der Waals surface area contributed by atoms with Crippen LogP contribution in [-0.4, -0.2) is 59.1 Å². The van der Waals surface area contributed by atoms with Crippen molar-refractivity contribution in [3.63, 3.8) is 0 Å². The van der Waals surface area contributed by atoms with E-state index in [4.69, 9.17) is 4.74 Å².